The van der Waals surface area contributed by atoms with Gasteiger partial charge in [0.15, 0.2) is 0 Å². The molecule has 3 atom stereocenters. The van der Waals surface area contributed by atoms with E-state index >= 15 is 4.39 Å². The van der Waals surface area contributed by atoms with Crippen molar-refractivity contribution in [1.29, 1.82) is 0 Å². The first-order chi connectivity index (χ1) is 21.2. The number of halogens is 1. The number of piperazine rings is 1. The first kappa shape index (κ1) is 29.0. The molecule has 7 rings (SSSR count). The molecule has 2 aromatic heterocycles. The van der Waals surface area contributed by atoms with Crippen LogP contribution in [-0.2, 0) is 9.52 Å². The Morgan fingerprint density at radius 2 is 1.70 bits per heavy atom. The summed E-state index contributed by atoms with van der Waals surface area (Å²) < 4.78 is 30.3. The summed E-state index contributed by atoms with van der Waals surface area (Å²) in [6.45, 7) is 5.69. The fraction of sp³-hybridized carbons (Fsp3) is 0.412. The molecule has 3 fully saturated rings. The summed E-state index contributed by atoms with van der Waals surface area (Å²) >= 11 is 0. The largest absolute Gasteiger partial charge is 0.366 e. The monoisotopic (exact) mass is 614 g/mol. The highest BCUT2D eigenvalue weighted by Crippen LogP contribution is 2.35. The molecule has 10 heteroatoms. The number of nitrogens with zero attached hydrogens (tertiary/aromatic N) is 4. The predicted molar refractivity (Wildman–Crippen MR) is 177 cm³/mol. The summed E-state index contributed by atoms with van der Waals surface area (Å²) in [5.41, 5.74) is 2.92. The summed E-state index contributed by atoms with van der Waals surface area (Å²) in [5, 5.41) is 7.55. The molecule has 3 heterocycles. The van der Waals surface area contributed by atoms with E-state index in [-0.39, 0.29) is 34.8 Å². The number of nitrogens with one attached hydrogen (secondary N) is 2. The van der Waals surface area contributed by atoms with Crippen LogP contribution in [0.5, 0.6) is 0 Å². The van der Waals surface area contributed by atoms with Crippen LogP contribution >= 0.6 is 0 Å². The zero-order valence-corrected chi connectivity index (χ0v) is 26.1. The second-order valence-electron chi connectivity index (χ2n) is 12.8. The summed E-state index contributed by atoms with van der Waals surface area (Å²) in [7, 11) is -2.32. The van der Waals surface area contributed by atoms with Gasteiger partial charge < -0.3 is 15.5 Å². The molecule has 1 unspecified atom stereocenters. The zero-order chi connectivity index (χ0) is 30.6. The summed E-state index contributed by atoms with van der Waals surface area (Å²) in [6.07, 6.45) is 7.56. The summed E-state index contributed by atoms with van der Waals surface area (Å²) in [5.74, 6) is 4.02. The van der Waals surface area contributed by atoms with E-state index < -0.39 is 9.52 Å². The van der Waals surface area contributed by atoms with Crippen molar-refractivity contribution in [3.05, 3.63) is 70.9 Å². The summed E-state index contributed by atoms with van der Waals surface area (Å²) in [6, 6.07) is 15.0. The van der Waals surface area contributed by atoms with Gasteiger partial charge in [-0.2, -0.15) is 4.98 Å². The van der Waals surface area contributed by atoms with Gasteiger partial charge in [0.2, 0.25) is 5.95 Å². The quantitative estimate of drug-likeness (QED) is 0.251. The predicted octanol–water partition coefficient (Wildman–Crippen LogP) is 5.88. The van der Waals surface area contributed by atoms with Gasteiger partial charge in [-0.15, -0.1) is 0 Å². The van der Waals surface area contributed by atoms with E-state index in [0.717, 1.165) is 67.5 Å². The van der Waals surface area contributed by atoms with E-state index in [2.05, 4.69) is 40.2 Å². The van der Waals surface area contributed by atoms with Crippen LogP contribution in [-0.4, -0.2) is 55.0 Å². The first-order valence-corrected chi connectivity index (χ1v) is 17.4. The number of rotatable bonds is 7. The van der Waals surface area contributed by atoms with Crippen molar-refractivity contribution >= 4 is 43.7 Å². The molecule has 0 amide bonds. The lowest BCUT2D eigenvalue weighted by atomic mass is 10.1. The Bertz CT molecular complexity index is 1870. The smallest absolute Gasteiger partial charge is 0.260 e. The number of benzene rings is 2. The molecule has 2 aliphatic carbocycles. The van der Waals surface area contributed by atoms with E-state index in [1.54, 1.807) is 12.3 Å². The Labute approximate surface area is 257 Å². The molecule has 44 heavy (non-hydrogen) atoms. The van der Waals surface area contributed by atoms with Crippen molar-refractivity contribution in [2.24, 2.45) is 0 Å². The summed E-state index contributed by atoms with van der Waals surface area (Å²) in [4.78, 5) is 26.2. The molecular formula is C34H39FN6O2S. The van der Waals surface area contributed by atoms with Gasteiger partial charge in [-0.25, -0.2) is 9.37 Å². The number of pyridine rings is 1. The lowest BCUT2D eigenvalue weighted by Crippen LogP contribution is -2.54. The maximum atomic E-state index is 15.3. The molecule has 0 bridgehead atoms. The van der Waals surface area contributed by atoms with Crippen molar-refractivity contribution < 1.29 is 8.60 Å². The Kier molecular flexibility index (Phi) is 7.45. The Morgan fingerprint density at radius 1 is 1.00 bits per heavy atom. The number of aromatic nitrogens is 3. The van der Waals surface area contributed by atoms with Crippen LogP contribution < -0.4 is 21.1 Å². The first-order valence-electron chi connectivity index (χ1n) is 15.6. The lowest BCUT2D eigenvalue weighted by Gasteiger charge is -2.37. The SMILES string of the molecule is C=S(=O)(c1ccc(-c2cc3cnc(Nc4ccc(N5C[C@@H](C)N[C@@H](C)C5)c(F)c4)nc3n(C3CCCC3)c2=O)cc1)C1CC1. The molecule has 2 saturated carbocycles. The Morgan fingerprint density at radius 3 is 2.36 bits per heavy atom. The Hall–Kier alpha value is -3.76. The molecule has 8 nitrogen and oxygen atoms in total. The van der Waals surface area contributed by atoms with E-state index in [0.29, 0.717) is 28.5 Å². The van der Waals surface area contributed by atoms with Crippen molar-refractivity contribution in [3.63, 3.8) is 0 Å². The van der Waals surface area contributed by atoms with Crippen LogP contribution in [0.1, 0.15) is 58.4 Å². The topological polar surface area (TPSA) is 92.2 Å². The van der Waals surface area contributed by atoms with Crippen molar-refractivity contribution in [1.82, 2.24) is 19.9 Å². The maximum absolute atomic E-state index is 15.3. The van der Waals surface area contributed by atoms with Crippen molar-refractivity contribution in [2.75, 3.05) is 23.3 Å². The molecule has 0 spiro atoms. The van der Waals surface area contributed by atoms with Gasteiger partial charge in [-0.3, -0.25) is 13.6 Å². The standard InChI is InChI=1S/C34H39FN6O2S/c1-21-19-40(20-22(2)37-21)31-15-10-25(17-30(31)35)38-34-36-18-24-16-29(33(42)41(32(24)39-34)26-6-4-5-7-26)23-8-11-27(12-9-23)44(3,43)28-13-14-28/h8-12,15-18,21-22,26,28,37H,3-7,13-14,19-20H2,1-2H3,(H,36,38,39)/t21-,22+,44?. The van der Waals surface area contributed by atoms with Gasteiger partial charge in [0, 0.05) is 64.2 Å². The fourth-order valence-corrected chi connectivity index (χ4v) is 8.77. The average molecular weight is 615 g/mol. The van der Waals surface area contributed by atoms with E-state index in [1.807, 2.05) is 41.0 Å². The minimum atomic E-state index is -2.32. The molecule has 1 aliphatic heterocycles. The van der Waals surface area contributed by atoms with Crippen LogP contribution in [0.2, 0.25) is 0 Å². The van der Waals surface area contributed by atoms with E-state index in [1.165, 1.54) is 6.07 Å². The van der Waals surface area contributed by atoms with Crippen LogP contribution in [0.3, 0.4) is 0 Å². The Balaban J connectivity index is 1.22. The highest BCUT2D eigenvalue weighted by molar-refractivity contribution is 8.01. The van der Waals surface area contributed by atoms with Gasteiger partial charge in [0.05, 0.1) is 5.69 Å². The average Bonchev–Trinajstić information content (AvgIpc) is 3.73. The minimum absolute atomic E-state index is 0.0426. The number of fused-ring (bicyclic) bond motifs is 1. The third-order valence-electron chi connectivity index (χ3n) is 9.19. The molecule has 0 radical (unpaired) electrons. The third kappa shape index (κ3) is 5.49. The number of anilines is 3. The highest BCUT2D eigenvalue weighted by Gasteiger charge is 2.32. The van der Waals surface area contributed by atoms with Crippen LogP contribution in [0, 0.1) is 5.82 Å². The number of hydrogen-bond acceptors (Lipinski definition) is 7. The van der Waals surface area contributed by atoms with Gasteiger partial charge >= 0.3 is 0 Å². The van der Waals surface area contributed by atoms with Crippen molar-refractivity contribution in [2.45, 2.75) is 80.6 Å². The second-order valence-corrected chi connectivity index (χ2v) is 15.3. The number of hydrogen-bond donors (Lipinski definition) is 2. The molecule has 2 aromatic carbocycles. The molecular weight excluding hydrogens is 575 g/mol. The molecule has 230 valence electrons. The normalized spacial score (nSPS) is 22.3. The molecule has 1 saturated heterocycles. The van der Waals surface area contributed by atoms with Gasteiger partial charge in [0.1, 0.15) is 11.5 Å². The van der Waals surface area contributed by atoms with Crippen LogP contribution in [0.25, 0.3) is 22.2 Å². The lowest BCUT2D eigenvalue weighted by molar-refractivity contribution is 0.404. The highest BCUT2D eigenvalue weighted by atomic mass is 32.2. The van der Waals surface area contributed by atoms with Crippen molar-refractivity contribution in [3.8, 4) is 11.1 Å². The van der Waals surface area contributed by atoms with Crippen LogP contribution in [0.15, 0.2) is 64.4 Å². The van der Waals surface area contributed by atoms with Gasteiger partial charge in [-0.05, 0) is 96.9 Å². The molecule has 3 aliphatic rings. The van der Waals surface area contributed by atoms with Gasteiger partial charge in [-0.1, -0.05) is 25.0 Å². The third-order valence-corrected chi connectivity index (χ3v) is 11.8. The van der Waals surface area contributed by atoms with E-state index in [9.17, 15) is 9.00 Å². The van der Waals surface area contributed by atoms with E-state index in [4.69, 9.17) is 4.98 Å². The zero-order valence-electron chi connectivity index (χ0n) is 25.3. The van der Waals surface area contributed by atoms with Gasteiger partial charge in [0.25, 0.3) is 5.56 Å². The second kappa shape index (κ2) is 11.3. The fourth-order valence-electron chi connectivity index (χ4n) is 6.89. The van der Waals surface area contributed by atoms with Crippen LogP contribution in [0.4, 0.5) is 21.7 Å². The molecule has 4 aromatic rings. The maximum Gasteiger partial charge on any atom is 0.260 e. The minimum Gasteiger partial charge on any atom is -0.366 e. The molecule has 2 N–H and O–H groups in total.